The first-order chi connectivity index (χ1) is 11.5. The lowest BCUT2D eigenvalue weighted by atomic mass is 10.3. The largest absolute Gasteiger partial charge is 0.464 e. The van der Waals surface area contributed by atoms with E-state index < -0.39 is 5.97 Å². The lowest BCUT2D eigenvalue weighted by molar-refractivity contribution is -0.118. The highest BCUT2D eigenvalue weighted by atomic mass is 32.1. The molecule has 0 atom stereocenters. The van der Waals surface area contributed by atoms with Crippen LogP contribution < -0.4 is 4.90 Å². The Hall–Kier alpha value is -2.60. The Morgan fingerprint density at radius 1 is 1.21 bits per heavy atom. The average molecular weight is 342 g/mol. The lowest BCUT2D eigenvalue weighted by Gasteiger charge is -2.18. The number of anilines is 1. The number of aryl methyl sites for hydroxylation is 1. The highest BCUT2D eigenvalue weighted by molar-refractivity contribution is 7.19. The molecule has 0 saturated heterocycles. The zero-order valence-corrected chi connectivity index (χ0v) is 14.6. The van der Waals surface area contributed by atoms with Crippen LogP contribution in [0.5, 0.6) is 0 Å². The van der Waals surface area contributed by atoms with Crippen molar-refractivity contribution in [1.29, 1.82) is 0 Å². The number of hydrogen-bond acceptors (Lipinski definition) is 4. The smallest absolute Gasteiger partial charge is 0.354 e. The van der Waals surface area contributed by atoms with Gasteiger partial charge in [-0.05, 0) is 31.2 Å². The molecular weight excluding hydrogens is 324 g/mol. The van der Waals surface area contributed by atoms with Gasteiger partial charge in [0.25, 0.3) is 0 Å². The first kappa shape index (κ1) is 16.3. The van der Waals surface area contributed by atoms with Gasteiger partial charge in [-0.1, -0.05) is 18.2 Å². The predicted molar refractivity (Wildman–Crippen MR) is 95.7 cm³/mol. The summed E-state index contributed by atoms with van der Waals surface area (Å²) in [6, 6.07) is 13.2. The van der Waals surface area contributed by atoms with Crippen LogP contribution in [0.2, 0.25) is 0 Å². The van der Waals surface area contributed by atoms with E-state index in [1.807, 2.05) is 43.3 Å². The van der Waals surface area contributed by atoms with E-state index in [0.717, 1.165) is 20.8 Å². The van der Waals surface area contributed by atoms with Gasteiger partial charge in [-0.3, -0.25) is 4.79 Å². The molecule has 24 heavy (non-hydrogen) atoms. The molecule has 0 aliphatic heterocycles. The molecule has 124 valence electrons. The third-order valence-electron chi connectivity index (χ3n) is 3.92. The Balaban J connectivity index is 1.96. The minimum absolute atomic E-state index is 0.0789. The van der Waals surface area contributed by atoms with E-state index in [2.05, 4.69) is 0 Å². The van der Waals surface area contributed by atoms with Gasteiger partial charge < -0.3 is 14.2 Å². The van der Waals surface area contributed by atoms with Gasteiger partial charge >= 0.3 is 5.97 Å². The fourth-order valence-electron chi connectivity index (χ4n) is 2.65. The molecule has 0 aliphatic rings. The summed E-state index contributed by atoms with van der Waals surface area (Å²) in [4.78, 5) is 27.4. The third kappa shape index (κ3) is 2.92. The molecule has 6 heteroatoms. The number of methoxy groups -OCH3 is 1. The van der Waals surface area contributed by atoms with Crippen molar-refractivity contribution in [3.63, 3.8) is 0 Å². The van der Waals surface area contributed by atoms with Gasteiger partial charge in [0.1, 0.15) is 12.2 Å². The fraction of sp³-hybridized carbons (Fsp3) is 0.222. The molecule has 2 aromatic heterocycles. The maximum absolute atomic E-state index is 12.7. The lowest BCUT2D eigenvalue weighted by Crippen LogP contribution is -2.30. The number of fused-ring (bicyclic) bond motifs is 1. The Morgan fingerprint density at radius 2 is 1.92 bits per heavy atom. The SMILES string of the molecule is COC(=O)c1cc2sc(C)cc2n1CC(=O)N(C)c1ccccc1. The number of amides is 1. The van der Waals surface area contributed by atoms with Crippen LogP contribution in [0.1, 0.15) is 15.4 Å². The van der Waals surface area contributed by atoms with Crippen molar-refractivity contribution >= 4 is 39.1 Å². The van der Waals surface area contributed by atoms with Crippen molar-refractivity contribution in [3.05, 3.63) is 53.0 Å². The van der Waals surface area contributed by atoms with Crippen molar-refractivity contribution in [2.75, 3.05) is 19.1 Å². The molecule has 3 aromatic rings. The van der Waals surface area contributed by atoms with E-state index in [4.69, 9.17) is 4.74 Å². The summed E-state index contributed by atoms with van der Waals surface area (Å²) >= 11 is 1.59. The monoisotopic (exact) mass is 342 g/mol. The molecule has 0 unspecified atom stereocenters. The van der Waals surface area contributed by atoms with Crippen molar-refractivity contribution in [1.82, 2.24) is 4.57 Å². The number of benzene rings is 1. The molecule has 0 bridgehead atoms. The van der Waals surface area contributed by atoms with Crippen molar-refractivity contribution in [2.24, 2.45) is 0 Å². The van der Waals surface area contributed by atoms with E-state index in [0.29, 0.717) is 5.69 Å². The van der Waals surface area contributed by atoms with Crippen LogP contribution >= 0.6 is 11.3 Å². The normalized spacial score (nSPS) is 10.8. The zero-order chi connectivity index (χ0) is 17.3. The van der Waals surface area contributed by atoms with Gasteiger partial charge in [0.15, 0.2) is 0 Å². The predicted octanol–water partition coefficient (Wildman–Crippen LogP) is 3.46. The molecule has 0 radical (unpaired) electrons. The number of likely N-dealkylation sites (N-methyl/N-ethyl adjacent to an activating group) is 1. The Kier molecular flexibility index (Phi) is 4.40. The first-order valence-corrected chi connectivity index (χ1v) is 8.32. The number of ether oxygens (including phenoxy) is 1. The van der Waals surface area contributed by atoms with E-state index in [9.17, 15) is 9.59 Å². The van der Waals surface area contributed by atoms with Gasteiger partial charge in [-0.25, -0.2) is 4.79 Å². The molecule has 0 N–H and O–H groups in total. The number of rotatable bonds is 4. The molecular formula is C18H18N2O3S. The maximum Gasteiger partial charge on any atom is 0.354 e. The first-order valence-electron chi connectivity index (χ1n) is 7.51. The maximum atomic E-state index is 12.7. The summed E-state index contributed by atoms with van der Waals surface area (Å²) in [6.45, 7) is 2.08. The number of para-hydroxylation sites is 1. The molecule has 0 saturated carbocycles. The summed E-state index contributed by atoms with van der Waals surface area (Å²) in [6.07, 6.45) is 0. The van der Waals surface area contributed by atoms with E-state index in [-0.39, 0.29) is 12.5 Å². The minimum atomic E-state index is -0.439. The minimum Gasteiger partial charge on any atom is -0.464 e. The second-order valence-electron chi connectivity index (χ2n) is 5.50. The molecule has 1 amide bonds. The van der Waals surface area contributed by atoms with E-state index >= 15 is 0 Å². The number of thiophene rings is 1. The van der Waals surface area contributed by atoms with Crippen LogP contribution in [0.4, 0.5) is 5.69 Å². The average Bonchev–Trinajstić information content (AvgIpc) is 3.11. The van der Waals surface area contributed by atoms with Gasteiger partial charge in [0, 0.05) is 17.6 Å². The standard InChI is InChI=1S/C18H18N2O3S/c1-12-9-14-16(24-12)10-15(18(22)23-3)20(14)11-17(21)19(2)13-7-5-4-6-8-13/h4-10H,11H2,1-3H3. The summed E-state index contributed by atoms with van der Waals surface area (Å²) in [5.41, 5.74) is 2.09. The van der Waals surface area contributed by atoms with Crippen molar-refractivity contribution < 1.29 is 14.3 Å². The van der Waals surface area contributed by atoms with Crippen molar-refractivity contribution in [2.45, 2.75) is 13.5 Å². The van der Waals surface area contributed by atoms with Crippen molar-refractivity contribution in [3.8, 4) is 0 Å². The van der Waals surface area contributed by atoms with Gasteiger partial charge in [0.05, 0.1) is 17.3 Å². The second-order valence-corrected chi connectivity index (χ2v) is 6.79. The molecule has 2 heterocycles. The van der Waals surface area contributed by atoms with Crippen LogP contribution in [-0.2, 0) is 16.1 Å². The van der Waals surface area contributed by atoms with Gasteiger partial charge in [-0.2, -0.15) is 0 Å². The summed E-state index contributed by atoms with van der Waals surface area (Å²) in [5.74, 6) is -0.543. The number of aromatic nitrogens is 1. The summed E-state index contributed by atoms with van der Waals surface area (Å²) in [7, 11) is 3.08. The Morgan fingerprint density at radius 3 is 2.58 bits per heavy atom. The van der Waals surface area contributed by atoms with Gasteiger partial charge in [-0.15, -0.1) is 11.3 Å². The number of carbonyl (C=O) groups is 2. The molecule has 3 rings (SSSR count). The van der Waals surface area contributed by atoms with Crippen LogP contribution in [0.25, 0.3) is 10.2 Å². The van der Waals surface area contributed by atoms with Crippen LogP contribution in [0.15, 0.2) is 42.5 Å². The Labute approximate surface area is 144 Å². The van der Waals surface area contributed by atoms with E-state index in [1.54, 1.807) is 33.9 Å². The molecule has 0 spiro atoms. The Bertz CT molecular complexity index is 896. The van der Waals surface area contributed by atoms with Crippen LogP contribution in [0.3, 0.4) is 0 Å². The van der Waals surface area contributed by atoms with E-state index in [1.165, 1.54) is 7.11 Å². The molecule has 0 aliphatic carbocycles. The molecule has 0 fully saturated rings. The number of carbonyl (C=O) groups excluding carboxylic acids is 2. The number of hydrogen-bond donors (Lipinski definition) is 0. The summed E-state index contributed by atoms with van der Waals surface area (Å²) in [5, 5.41) is 0. The fourth-order valence-corrected chi connectivity index (χ4v) is 3.61. The highest BCUT2D eigenvalue weighted by Crippen LogP contribution is 2.29. The number of nitrogens with zero attached hydrogens (tertiary/aromatic N) is 2. The molecule has 5 nitrogen and oxygen atoms in total. The quantitative estimate of drug-likeness (QED) is 0.682. The second kappa shape index (κ2) is 6.49. The van der Waals surface area contributed by atoms with Crippen LogP contribution in [-0.4, -0.2) is 30.6 Å². The van der Waals surface area contributed by atoms with Gasteiger partial charge in [0.2, 0.25) is 5.91 Å². The number of esters is 1. The topological polar surface area (TPSA) is 51.5 Å². The third-order valence-corrected chi connectivity index (χ3v) is 4.91. The zero-order valence-electron chi connectivity index (χ0n) is 13.8. The summed E-state index contributed by atoms with van der Waals surface area (Å²) < 4.78 is 7.56. The highest BCUT2D eigenvalue weighted by Gasteiger charge is 2.21. The molecule has 1 aromatic carbocycles. The van der Waals surface area contributed by atoms with Crippen LogP contribution in [0, 0.1) is 6.92 Å².